The number of amides is 1. The van der Waals surface area contributed by atoms with Crippen LogP contribution in [-0.2, 0) is 4.74 Å². The zero-order chi connectivity index (χ0) is 20.4. The fourth-order valence-corrected chi connectivity index (χ4v) is 3.28. The molecule has 3 aromatic rings. The molecule has 9 nitrogen and oxygen atoms in total. The molecule has 3 atom stereocenters. The molecule has 1 amide bonds. The molecule has 0 bridgehead atoms. The topological polar surface area (TPSA) is 122 Å². The minimum absolute atomic E-state index is 0.249. The molecular formula is C20H19N5O4. The van der Waals surface area contributed by atoms with Gasteiger partial charge in [0.25, 0.3) is 5.91 Å². The van der Waals surface area contributed by atoms with Crippen molar-refractivity contribution in [3.63, 3.8) is 0 Å². The number of anilines is 1. The third kappa shape index (κ3) is 3.56. The van der Waals surface area contributed by atoms with E-state index >= 15 is 0 Å². The summed E-state index contributed by atoms with van der Waals surface area (Å²) in [6.45, 7) is 1.38. The van der Waals surface area contributed by atoms with Crippen molar-refractivity contribution in [2.45, 2.75) is 31.8 Å². The monoisotopic (exact) mass is 393 g/mol. The largest absolute Gasteiger partial charge is 0.394 e. The van der Waals surface area contributed by atoms with E-state index in [1.807, 2.05) is 6.07 Å². The van der Waals surface area contributed by atoms with Crippen LogP contribution in [-0.4, -0.2) is 54.5 Å². The smallest absolute Gasteiger partial charge is 0.256 e. The predicted octanol–water partition coefficient (Wildman–Crippen LogP) is 1.09. The van der Waals surface area contributed by atoms with Gasteiger partial charge in [-0.05, 0) is 25.0 Å². The SMILES string of the molecule is CC#Cc1nc2c(NC(=O)c3ccccc3)ncnc2n1[C@H]1C[C@H](O)[C@@H](CO)O1. The van der Waals surface area contributed by atoms with E-state index in [2.05, 4.69) is 32.1 Å². The molecule has 0 saturated carbocycles. The van der Waals surface area contributed by atoms with E-state index in [1.54, 1.807) is 35.8 Å². The highest BCUT2D eigenvalue weighted by Crippen LogP contribution is 2.33. The lowest BCUT2D eigenvalue weighted by molar-refractivity contribution is -0.0434. The first kappa shape index (κ1) is 19.0. The Labute approximate surface area is 166 Å². The molecule has 2 aromatic heterocycles. The second-order valence-electron chi connectivity index (χ2n) is 6.51. The van der Waals surface area contributed by atoms with E-state index in [0.717, 1.165) is 0 Å². The van der Waals surface area contributed by atoms with Crippen molar-refractivity contribution < 1.29 is 19.7 Å². The van der Waals surface area contributed by atoms with Gasteiger partial charge in [-0.1, -0.05) is 24.1 Å². The Hall–Kier alpha value is -3.32. The van der Waals surface area contributed by atoms with Crippen molar-refractivity contribution >= 4 is 22.9 Å². The summed E-state index contributed by atoms with van der Waals surface area (Å²) in [5.41, 5.74) is 1.26. The fourth-order valence-electron chi connectivity index (χ4n) is 3.28. The van der Waals surface area contributed by atoms with Crippen LogP contribution in [0.4, 0.5) is 5.82 Å². The number of aliphatic hydroxyl groups is 2. The molecule has 1 saturated heterocycles. The maximum atomic E-state index is 12.5. The first-order valence-electron chi connectivity index (χ1n) is 9.08. The number of carbonyl (C=O) groups is 1. The first-order valence-corrected chi connectivity index (χ1v) is 9.08. The molecule has 1 aromatic carbocycles. The summed E-state index contributed by atoms with van der Waals surface area (Å²) in [5, 5.41) is 22.2. The zero-order valence-electron chi connectivity index (χ0n) is 15.6. The number of benzene rings is 1. The number of hydrogen-bond donors (Lipinski definition) is 3. The molecule has 29 heavy (non-hydrogen) atoms. The summed E-state index contributed by atoms with van der Waals surface area (Å²) in [5.74, 6) is 5.99. The van der Waals surface area contributed by atoms with E-state index < -0.39 is 18.4 Å². The molecule has 148 valence electrons. The summed E-state index contributed by atoms with van der Waals surface area (Å²) in [6.07, 6.45) is -0.539. The number of nitrogens with zero attached hydrogens (tertiary/aromatic N) is 4. The highest BCUT2D eigenvalue weighted by molar-refractivity contribution is 6.06. The lowest BCUT2D eigenvalue weighted by Gasteiger charge is -2.15. The number of nitrogens with one attached hydrogen (secondary N) is 1. The van der Waals surface area contributed by atoms with Gasteiger partial charge in [0.05, 0.1) is 12.7 Å². The van der Waals surface area contributed by atoms with Crippen LogP contribution >= 0.6 is 0 Å². The van der Waals surface area contributed by atoms with Crippen molar-refractivity contribution in [1.29, 1.82) is 0 Å². The fraction of sp³-hybridized carbons (Fsp3) is 0.300. The summed E-state index contributed by atoms with van der Waals surface area (Å²) in [7, 11) is 0. The van der Waals surface area contributed by atoms with E-state index in [4.69, 9.17) is 4.74 Å². The van der Waals surface area contributed by atoms with Crippen LogP contribution in [0.3, 0.4) is 0 Å². The summed E-state index contributed by atoms with van der Waals surface area (Å²) in [6, 6.07) is 8.77. The van der Waals surface area contributed by atoms with Crippen molar-refractivity contribution in [3.05, 3.63) is 48.0 Å². The number of carbonyl (C=O) groups excluding carboxylic acids is 1. The Morgan fingerprint density at radius 1 is 1.34 bits per heavy atom. The van der Waals surface area contributed by atoms with Gasteiger partial charge in [-0.25, -0.2) is 15.0 Å². The number of rotatable bonds is 4. The molecule has 1 aliphatic heterocycles. The Morgan fingerprint density at radius 3 is 2.83 bits per heavy atom. The van der Waals surface area contributed by atoms with Gasteiger partial charge < -0.3 is 20.3 Å². The molecule has 1 aliphatic rings. The summed E-state index contributed by atoms with van der Waals surface area (Å²) >= 11 is 0. The van der Waals surface area contributed by atoms with Crippen LogP contribution in [0.1, 0.15) is 35.8 Å². The number of hydrogen-bond acceptors (Lipinski definition) is 7. The van der Waals surface area contributed by atoms with Crippen LogP contribution in [0.15, 0.2) is 36.7 Å². The number of aromatic nitrogens is 4. The Morgan fingerprint density at radius 2 is 2.14 bits per heavy atom. The van der Waals surface area contributed by atoms with Crippen molar-refractivity contribution in [2.75, 3.05) is 11.9 Å². The number of ether oxygens (including phenoxy) is 1. The van der Waals surface area contributed by atoms with Crippen molar-refractivity contribution in [1.82, 2.24) is 19.5 Å². The average molecular weight is 393 g/mol. The van der Waals surface area contributed by atoms with E-state index in [-0.39, 0.29) is 24.8 Å². The van der Waals surface area contributed by atoms with Gasteiger partial charge >= 0.3 is 0 Å². The van der Waals surface area contributed by atoms with Crippen LogP contribution in [0.25, 0.3) is 11.2 Å². The van der Waals surface area contributed by atoms with Gasteiger partial charge in [0.15, 0.2) is 22.8 Å². The van der Waals surface area contributed by atoms with E-state index in [9.17, 15) is 15.0 Å². The number of imidazole rings is 1. The average Bonchev–Trinajstić information content (AvgIpc) is 3.29. The molecule has 9 heteroatoms. The highest BCUT2D eigenvalue weighted by atomic mass is 16.5. The van der Waals surface area contributed by atoms with Crippen LogP contribution < -0.4 is 5.32 Å². The maximum absolute atomic E-state index is 12.5. The normalized spacial score (nSPS) is 21.0. The third-order valence-corrected chi connectivity index (χ3v) is 4.65. The maximum Gasteiger partial charge on any atom is 0.256 e. The molecule has 0 unspecified atom stereocenters. The van der Waals surface area contributed by atoms with Gasteiger partial charge in [-0.15, -0.1) is 0 Å². The van der Waals surface area contributed by atoms with Gasteiger partial charge in [0.1, 0.15) is 18.7 Å². The van der Waals surface area contributed by atoms with Crippen LogP contribution in [0.5, 0.6) is 0 Å². The number of aliphatic hydroxyl groups excluding tert-OH is 2. The first-order chi connectivity index (χ1) is 14.1. The van der Waals surface area contributed by atoms with Gasteiger partial charge in [0, 0.05) is 12.0 Å². The quantitative estimate of drug-likeness (QED) is 0.567. The van der Waals surface area contributed by atoms with Gasteiger partial charge in [0.2, 0.25) is 0 Å². The minimum Gasteiger partial charge on any atom is -0.394 e. The molecule has 4 rings (SSSR count). The van der Waals surface area contributed by atoms with E-state index in [0.29, 0.717) is 22.6 Å². The second-order valence-corrected chi connectivity index (χ2v) is 6.51. The molecule has 3 N–H and O–H groups in total. The zero-order valence-corrected chi connectivity index (χ0v) is 15.6. The van der Waals surface area contributed by atoms with Gasteiger partial charge in [-0.3, -0.25) is 9.36 Å². The Balaban J connectivity index is 1.75. The lowest BCUT2D eigenvalue weighted by atomic mass is 10.2. The molecule has 3 heterocycles. The molecule has 0 spiro atoms. The molecule has 0 radical (unpaired) electrons. The van der Waals surface area contributed by atoms with Gasteiger partial charge in [-0.2, -0.15) is 0 Å². The summed E-state index contributed by atoms with van der Waals surface area (Å²) in [4.78, 5) is 25.5. The predicted molar refractivity (Wildman–Crippen MR) is 104 cm³/mol. The lowest BCUT2D eigenvalue weighted by Crippen LogP contribution is -2.24. The van der Waals surface area contributed by atoms with Crippen LogP contribution in [0.2, 0.25) is 0 Å². The highest BCUT2D eigenvalue weighted by Gasteiger charge is 2.36. The Kier molecular flexibility index (Phi) is 5.22. The second kappa shape index (κ2) is 7.97. The summed E-state index contributed by atoms with van der Waals surface area (Å²) < 4.78 is 7.42. The molecule has 0 aliphatic carbocycles. The number of fused-ring (bicyclic) bond motifs is 1. The standard InChI is InChI=1S/C20H19N5O4/c1-2-6-15-23-17-18(24-20(28)12-7-4-3-5-8-12)21-11-22-19(17)25(15)16-9-13(27)14(10-26)29-16/h3-5,7-8,11,13-14,16,26-27H,9-10H2,1H3,(H,21,22,24,28)/t13-,14+,16+/m0/s1. The van der Waals surface area contributed by atoms with E-state index in [1.165, 1.54) is 6.33 Å². The Bertz CT molecular complexity index is 1100. The minimum atomic E-state index is -0.816. The van der Waals surface area contributed by atoms with Crippen molar-refractivity contribution in [3.8, 4) is 11.8 Å². The molecular weight excluding hydrogens is 374 g/mol. The molecule has 1 fully saturated rings. The van der Waals surface area contributed by atoms with Crippen LogP contribution in [0, 0.1) is 11.8 Å². The third-order valence-electron chi connectivity index (χ3n) is 4.65. The van der Waals surface area contributed by atoms with Crippen molar-refractivity contribution in [2.24, 2.45) is 0 Å².